The third-order valence-corrected chi connectivity index (χ3v) is 3.90. The molecule has 0 aliphatic carbocycles. The van der Waals surface area contributed by atoms with Crippen molar-refractivity contribution in [1.29, 1.82) is 0 Å². The fraction of sp³-hybridized carbons (Fsp3) is 0.222. The third-order valence-electron chi connectivity index (χ3n) is 3.90. The van der Waals surface area contributed by atoms with Crippen molar-refractivity contribution in [3.63, 3.8) is 0 Å². The van der Waals surface area contributed by atoms with Crippen LogP contribution in [-0.2, 0) is 13.1 Å². The smallest absolute Gasteiger partial charge is 0.248 e. The highest BCUT2D eigenvalue weighted by atomic mass is 16.1. The minimum absolute atomic E-state index is 0.397. The van der Waals surface area contributed by atoms with Crippen LogP contribution in [0, 0.1) is 6.92 Å². The lowest BCUT2D eigenvalue weighted by Crippen LogP contribution is -2.19. The largest absolute Gasteiger partial charge is 0.366 e. The monoisotopic (exact) mass is 308 g/mol. The molecule has 3 rings (SSSR count). The molecule has 5 nitrogen and oxygen atoms in total. The van der Waals surface area contributed by atoms with Crippen LogP contribution in [0.5, 0.6) is 0 Å². The van der Waals surface area contributed by atoms with Gasteiger partial charge in [0.25, 0.3) is 0 Å². The molecule has 2 heterocycles. The van der Waals surface area contributed by atoms with Crippen LogP contribution in [0.25, 0.3) is 5.65 Å². The first kappa shape index (κ1) is 15.2. The van der Waals surface area contributed by atoms with Crippen LogP contribution in [0.15, 0.2) is 48.8 Å². The summed E-state index contributed by atoms with van der Waals surface area (Å²) >= 11 is 0. The Morgan fingerprint density at radius 1 is 1.26 bits per heavy atom. The van der Waals surface area contributed by atoms with E-state index in [4.69, 9.17) is 5.73 Å². The number of pyridine rings is 1. The lowest BCUT2D eigenvalue weighted by atomic mass is 10.1. The maximum absolute atomic E-state index is 11.3. The zero-order chi connectivity index (χ0) is 16.4. The fourth-order valence-corrected chi connectivity index (χ4v) is 2.79. The van der Waals surface area contributed by atoms with E-state index in [0.29, 0.717) is 5.56 Å². The molecule has 0 aliphatic rings. The first-order chi connectivity index (χ1) is 11.0. The van der Waals surface area contributed by atoms with Gasteiger partial charge in [0.1, 0.15) is 5.65 Å². The summed E-state index contributed by atoms with van der Waals surface area (Å²) in [5.41, 5.74) is 10.2. The number of amides is 1. The van der Waals surface area contributed by atoms with Crippen molar-refractivity contribution in [2.75, 3.05) is 7.05 Å². The topological polar surface area (TPSA) is 63.6 Å². The number of nitrogens with two attached hydrogens (primary N) is 1. The highest BCUT2D eigenvalue weighted by molar-refractivity contribution is 5.92. The van der Waals surface area contributed by atoms with Crippen molar-refractivity contribution in [3.05, 3.63) is 71.2 Å². The Morgan fingerprint density at radius 2 is 2.09 bits per heavy atom. The molecule has 3 aromatic rings. The number of carbonyl (C=O) groups is 1. The van der Waals surface area contributed by atoms with Crippen LogP contribution in [-0.4, -0.2) is 27.2 Å². The molecule has 1 aromatic carbocycles. The van der Waals surface area contributed by atoms with Gasteiger partial charge >= 0.3 is 0 Å². The Hall–Kier alpha value is -2.66. The zero-order valence-electron chi connectivity index (χ0n) is 13.4. The van der Waals surface area contributed by atoms with Gasteiger partial charge in [-0.2, -0.15) is 0 Å². The number of rotatable bonds is 5. The number of aromatic nitrogens is 2. The van der Waals surface area contributed by atoms with Crippen molar-refractivity contribution in [2.45, 2.75) is 20.0 Å². The van der Waals surface area contributed by atoms with Crippen molar-refractivity contribution < 1.29 is 4.79 Å². The molecule has 0 bridgehead atoms. The van der Waals surface area contributed by atoms with Gasteiger partial charge in [-0.25, -0.2) is 4.98 Å². The number of fused-ring (bicyclic) bond motifs is 1. The molecule has 23 heavy (non-hydrogen) atoms. The number of hydrogen-bond donors (Lipinski definition) is 1. The maximum atomic E-state index is 11.3. The predicted octanol–water partition coefficient (Wildman–Crippen LogP) is 2.37. The molecule has 0 radical (unpaired) electrons. The van der Waals surface area contributed by atoms with E-state index in [1.807, 2.05) is 43.7 Å². The molecule has 0 saturated heterocycles. The van der Waals surface area contributed by atoms with Gasteiger partial charge in [0.05, 0.1) is 11.9 Å². The number of imidazole rings is 1. The van der Waals surface area contributed by atoms with Crippen molar-refractivity contribution in [3.8, 4) is 0 Å². The van der Waals surface area contributed by atoms with E-state index >= 15 is 0 Å². The second-order valence-electron chi connectivity index (χ2n) is 5.87. The van der Waals surface area contributed by atoms with Gasteiger partial charge in [-0.3, -0.25) is 9.69 Å². The summed E-state index contributed by atoms with van der Waals surface area (Å²) in [4.78, 5) is 17.9. The van der Waals surface area contributed by atoms with Gasteiger partial charge in [0, 0.05) is 24.8 Å². The van der Waals surface area contributed by atoms with Gasteiger partial charge in [-0.05, 0) is 43.3 Å². The van der Waals surface area contributed by atoms with Crippen LogP contribution < -0.4 is 5.73 Å². The number of hydrogen-bond acceptors (Lipinski definition) is 3. The van der Waals surface area contributed by atoms with E-state index in [-0.39, 0.29) is 0 Å². The molecule has 0 aliphatic heterocycles. The van der Waals surface area contributed by atoms with Crippen LogP contribution in [0.3, 0.4) is 0 Å². The van der Waals surface area contributed by atoms with Crippen molar-refractivity contribution >= 4 is 11.6 Å². The molecule has 0 saturated carbocycles. The van der Waals surface area contributed by atoms with Gasteiger partial charge in [0.2, 0.25) is 5.91 Å². The summed E-state index contributed by atoms with van der Waals surface area (Å²) in [5, 5.41) is 0. The number of carbonyl (C=O) groups excluding carboxylic acids is 1. The molecule has 2 aromatic heterocycles. The summed E-state index contributed by atoms with van der Waals surface area (Å²) in [6, 6.07) is 11.5. The van der Waals surface area contributed by atoms with E-state index in [9.17, 15) is 4.79 Å². The van der Waals surface area contributed by atoms with E-state index in [1.165, 1.54) is 0 Å². The number of aryl methyl sites for hydroxylation is 1. The maximum Gasteiger partial charge on any atom is 0.248 e. The van der Waals surface area contributed by atoms with Crippen LogP contribution in [0.2, 0.25) is 0 Å². The molecule has 0 spiro atoms. The van der Waals surface area contributed by atoms with Crippen molar-refractivity contribution in [1.82, 2.24) is 14.3 Å². The SMILES string of the molecule is Cc1cccn2c(CN(C)Cc3cccc(C(N)=O)c3)cnc12. The van der Waals surface area contributed by atoms with E-state index < -0.39 is 5.91 Å². The average Bonchev–Trinajstić information content (AvgIpc) is 2.92. The number of primary amides is 1. The predicted molar refractivity (Wildman–Crippen MR) is 90.1 cm³/mol. The molecular formula is C18H20N4O. The van der Waals surface area contributed by atoms with Gasteiger partial charge < -0.3 is 10.1 Å². The highest BCUT2D eigenvalue weighted by Crippen LogP contribution is 2.14. The first-order valence-electron chi connectivity index (χ1n) is 7.53. The molecular weight excluding hydrogens is 288 g/mol. The summed E-state index contributed by atoms with van der Waals surface area (Å²) in [6.07, 6.45) is 3.95. The summed E-state index contributed by atoms with van der Waals surface area (Å²) in [7, 11) is 2.05. The van der Waals surface area contributed by atoms with Gasteiger partial charge in [0.15, 0.2) is 0 Å². The molecule has 118 valence electrons. The molecule has 0 unspecified atom stereocenters. The minimum Gasteiger partial charge on any atom is -0.366 e. The lowest BCUT2D eigenvalue weighted by molar-refractivity contribution is 0.1000. The van der Waals surface area contributed by atoms with Crippen LogP contribution in [0.4, 0.5) is 0 Å². The Morgan fingerprint density at radius 3 is 2.87 bits per heavy atom. The Bertz CT molecular complexity index is 853. The van der Waals surface area contributed by atoms with Crippen LogP contribution >= 0.6 is 0 Å². The Labute approximate surface area is 135 Å². The molecule has 0 atom stereocenters. The summed E-state index contributed by atoms with van der Waals surface area (Å²) in [5.74, 6) is -0.397. The normalized spacial score (nSPS) is 11.3. The highest BCUT2D eigenvalue weighted by Gasteiger charge is 2.09. The van der Waals surface area contributed by atoms with Crippen LogP contribution in [0.1, 0.15) is 27.2 Å². The standard InChI is InChI=1S/C18H20N4O/c1-13-5-4-8-22-16(10-20-18(13)22)12-21(2)11-14-6-3-7-15(9-14)17(19)23/h3-10H,11-12H2,1-2H3,(H2,19,23). The van der Waals surface area contributed by atoms with Gasteiger partial charge in [-0.15, -0.1) is 0 Å². The molecule has 1 amide bonds. The van der Waals surface area contributed by atoms with E-state index in [2.05, 4.69) is 27.3 Å². The van der Waals surface area contributed by atoms with Crippen molar-refractivity contribution in [2.24, 2.45) is 5.73 Å². The van der Waals surface area contributed by atoms with Gasteiger partial charge in [-0.1, -0.05) is 18.2 Å². The zero-order valence-corrected chi connectivity index (χ0v) is 13.4. The quantitative estimate of drug-likeness (QED) is 0.787. The third kappa shape index (κ3) is 3.24. The lowest BCUT2D eigenvalue weighted by Gasteiger charge is -2.17. The average molecular weight is 308 g/mol. The number of nitrogens with zero attached hydrogens (tertiary/aromatic N) is 3. The summed E-state index contributed by atoms with van der Waals surface area (Å²) < 4.78 is 2.12. The fourth-order valence-electron chi connectivity index (χ4n) is 2.79. The molecule has 5 heteroatoms. The van der Waals surface area contributed by atoms with E-state index in [1.54, 1.807) is 6.07 Å². The second kappa shape index (κ2) is 6.22. The number of benzene rings is 1. The molecule has 2 N–H and O–H groups in total. The second-order valence-corrected chi connectivity index (χ2v) is 5.87. The first-order valence-corrected chi connectivity index (χ1v) is 7.53. The Balaban J connectivity index is 1.76. The molecule has 0 fully saturated rings. The minimum atomic E-state index is -0.397. The van der Waals surface area contributed by atoms with E-state index in [0.717, 1.165) is 35.6 Å². The summed E-state index contributed by atoms with van der Waals surface area (Å²) in [6.45, 7) is 3.57. The Kier molecular flexibility index (Phi) is 4.12.